The van der Waals surface area contributed by atoms with Crippen molar-refractivity contribution in [2.75, 3.05) is 7.05 Å². The molecular weight excluding hydrogens is 292 g/mol. The van der Waals surface area contributed by atoms with Gasteiger partial charge < -0.3 is 10.1 Å². The summed E-state index contributed by atoms with van der Waals surface area (Å²) in [5.74, 6) is 1.37. The molecule has 1 N–H and O–H groups in total. The molecule has 0 saturated carbocycles. The van der Waals surface area contributed by atoms with Crippen LogP contribution in [0.3, 0.4) is 0 Å². The average Bonchev–Trinajstić information content (AvgIpc) is 2.39. The Labute approximate surface area is 115 Å². The Balaban J connectivity index is 2.11. The largest absolute Gasteiger partial charge is 0.439 e. The van der Waals surface area contributed by atoms with Crippen LogP contribution in [-0.2, 0) is 0 Å². The van der Waals surface area contributed by atoms with E-state index >= 15 is 0 Å². The van der Waals surface area contributed by atoms with Crippen LogP contribution in [-0.4, -0.2) is 12.0 Å². The number of aromatic nitrogens is 1. The lowest BCUT2D eigenvalue weighted by Gasteiger charge is -2.10. The van der Waals surface area contributed by atoms with E-state index in [0.29, 0.717) is 5.88 Å². The van der Waals surface area contributed by atoms with E-state index in [1.54, 1.807) is 0 Å². The lowest BCUT2D eigenvalue weighted by molar-refractivity contribution is 0.461. The van der Waals surface area contributed by atoms with E-state index in [1.807, 2.05) is 49.6 Å². The number of hydrogen-bond donors (Lipinski definition) is 1. The zero-order valence-electron chi connectivity index (χ0n) is 10.4. The standard InChI is InChI=1S/C14H15BrN2O/c1-10(16-2)11-6-7-14(17-9-11)18-13-5-3-4-12(15)8-13/h3-10,16H,1-2H3. The predicted octanol–water partition coefficient (Wildman–Crippen LogP) is 3.92. The van der Waals surface area contributed by atoms with Gasteiger partial charge in [0.15, 0.2) is 0 Å². The highest BCUT2D eigenvalue weighted by atomic mass is 79.9. The highest BCUT2D eigenvalue weighted by molar-refractivity contribution is 9.10. The van der Waals surface area contributed by atoms with Gasteiger partial charge in [-0.25, -0.2) is 4.98 Å². The molecule has 0 spiro atoms. The highest BCUT2D eigenvalue weighted by Crippen LogP contribution is 2.23. The summed E-state index contributed by atoms with van der Waals surface area (Å²) >= 11 is 3.41. The van der Waals surface area contributed by atoms with Gasteiger partial charge in [-0.05, 0) is 37.7 Å². The fourth-order valence-electron chi connectivity index (χ4n) is 1.53. The number of nitrogens with zero attached hydrogens (tertiary/aromatic N) is 1. The highest BCUT2D eigenvalue weighted by Gasteiger charge is 2.04. The van der Waals surface area contributed by atoms with Crippen molar-refractivity contribution < 1.29 is 4.74 Å². The molecule has 0 aliphatic rings. The minimum atomic E-state index is 0.289. The molecule has 1 aromatic heterocycles. The van der Waals surface area contributed by atoms with E-state index in [2.05, 4.69) is 33.2 Å². The lowest BCUT2D eigenvalue weighted by Crippen LogP contribution is -2.12. The first-order valence-electron chi connectivity index (χ1n) is 5.75. The molecule has 18 heavy (non-hydrogen) atoms. The first kappa shape index (κ1) is 13.1. The number of ether oxygens (including phenoxy) is 1. The molecule has 0 aliphatic heterocycles. The molecule has 2 aromatic rings. The van der Waals surface area contributed by atoms with Crippen molar-refractivity contribution in [1.29, 1.82) is 0 Å². The quantitative estimate of drug-likeness (QED) is 0.929. The maximum Gasteiger partial charge on any atom is 0.219 e. The second-order valence-electron chi connectivity index (χ2n) is 4.00. The van der Waals surface area contributed by atoms with Crippen LogP contribution in [0, 0.1) is 0 Å². The molecule has 0 radical (unpaired) electrons. The van der Waals surface area contributed by atoms with Crippen LogP contribution >= 0.6 is 15.9 Å². The van der Waals surface area contributed by atoms with E-state index in [4.69, 9.17) is 4.74 Å². The van der Waals surface area contributed by atoms with Crippen molar-refractivity contribution in [3.05, 3.63) is 52.6 Å². The second kappa shape index (κ2) is 5.98. The van der Waals surface area contributed by atoms with Crippen molar-refractivity contribution >= 4 is 15.9 Å². The minimum absolute atomic E-state index is 0.289. The molecule has 4 heteroatoms. The van der Waals surface area contributed by atoms with Gasteiger partial charge >= 0.3 is 0 Å². The first-order chi connectivity index (χ1) is 8.69. The van der Waals surface area contributed by atoms with Crippen molar-refractivity contribution in [2.24, 2.45) is 0 Å². The molecular formula is C14H15BrN2O. The summed E-state index contributed by atoms with van der Waals surface area (Å²) in [5, 5.41) is 3.17. The van der Waals surface area contributed by atoms with Gasteiger partial charge in [0.25, 0.3) is 0 Å². The summed E-state index contributed by atoms with van der Waals surface area (Å²) < 4.78 is 6.65. The zero-order valence-corrected chi connectivity index (χ0v) is 11.9. The number of hydrogen-bond acceptors (Lipinski definition) is 3. The van der Waals surface area contributed by atoms with Gasteiger partial charge in [0.1, 0.15) is 5.75 Å². The van der Waals surface area contributed by atoms with Crippen LogP contribution < -0.4 is 10.1 Å². The van der Waals surface area contributed by atoms with Crippen LogP contribution in [0.2, 0.25) is 0 Å². The van der Waals surface area contributed by atoms with Crippen LogP contribution in [0.15, 0.2) is 47.1 Å². The van der Waals surface area contributed by atoms with Crippen molar-refractivity contribution in [2.45, 2.75) is 13.0 Å². The summed E-state index contributed by atoms with van der Waals surface area (Å²) in [7, 11) is 1.93. The third-order valence-electron chi connectivity index (χ3n) is 2.71. The predicted molar refractivity (Wildman–Crippen MR) is 75.9 cm³/mol. The number of pyridine rings is 1. The molecule has 1 aromatic carbocycles. The van der Waals surface area contributed by atoms with Gasteiger partial charge in [-0.15, -0.1) is 0 Å². The summed E-state index contributed by atoms with van der Waals surface area (Å²) in [6, 6.07) is 11.9. The fraction of sp³-hybridized carbons (Fsp3) is 0.214. The van der Waals surface area contributed by atoms with Crippen LogP contribution in [0.25, 0.3) is 0 Å². The summed E-state index contributed by atoms with van der Waals surface area (Å²) in [6.45, 7) is 2.09. The Bertz CT molecular complexity index is 513. The van der Waals surface area contributed by atoms with Crippen LogP contribution in [0.1, 0.15) is 18.5 Å². The summed E-state index contributed by atoms with van der Waals surface area (Å²) in [6.07, 6.45) is 1.83. The fourth-order valence-corrected chi connectivity index (χ4v) is 1.90. The number of nitrogens with one attached hydrogen (secondary N) is 1. The van der Waals surface area contributed by atoms with E-state index in [-0.39, 0.29) is 6.04 Å². The Morgan fingerprint density at radius 2 is 2.11 bits per heavy atom. The molecule has 1 unspecified atom stereocenters. The van der Waals surface area contributed by atoms with Gasteiger partial charge in [-0.3, -0.25) is 0 Å². The number of benzene rings is 1. The van der Waals surface area contributed by atoms with E-state index in [9.17, 15) is 0 Å². The third-order valence-corrected chi connectivity index (χ3v) is 3.20. The monoisotopic (exact) mass is 306 g/mol. The van der Waals surface area contributed by atoms with E-state index < -0.39 is 0 Å². The van der Waals surface area contributed by atoms with Crippen molar-refractivity contribution in [3.63, 3.8) is 0 Å². The molecule has 3 nitrogen and oxygen atoms in total. The van der Waals surface area contributed by atoms with Gasteiger partial charge in [-0.1, -0.05) is 28.1 Å². The molecule has 1 atom stereocenters. The molecule has 94 valence electrons. The molecule has 0 aliphatic carbocycles. The van der Waals surface area contributed by atoms with Crippen molar-refractivity contribution in [1.82, 2.24) is 10.3 Å². The smallest absolute Gasteiger partial charge is 0.219 e. The Morgan fingerprint density at radius 3 is 2.72 bits per heavy atom. The molecule has 2 rings (SSSR count). The Morgan fingerprint density at radius 1 is 1.28 bits per heavy atom. The number of halogens is 1. The zero-order chi connectivity index (χ0) is 13.0. The van der Waals surface area contributed by atoms with Gasteiger partial charge in [0.2, 0.25) is 5.88 Å². The minimum Gasteiger partial charge on any atom is -0.439 e. The molecule has 0 bridgehead atoms. The first-order valence-corrected chi connectivity index (χ1v) is 6.55. The second-order valence-corrected chi connectivity index (χ2v) is 4.92. The van der Waals surface area contributed by atoms with Gasteiger partial charge in [0.05, 0.1) is 0 Å². The number of rotatable bonds is 4. The average molecular weight is 307 g/mol. The van der Waals surface area contributed by atoms with E-state index in [1.165, 1.54) is 0 Å². The normalized spacial score (nSPS) is 12.2. The summed E-state index contributed by atoms with van der Waals surface area (Å²) in [4.78, 5) is 4.30. The maximum atomic E-state index is 5.67. The molecule has 0 fully saturated rings. The summed E-state index contributed by atoms with van der Waals surface area (Å²) in [5.41, 5.74) is 1.14. The van der Waals surface area contributed by atoms with Crippen LogP contribution in [0.5, 0.6) is 11.6 Å². The van der Waals surface area contributed by atoms with Gasteiger partial charge in [-0.2, -0.15) is 0 Å². The van der Waals surface area contributed by atoms with Gasteiger partial charge in [0, 0.05) is 22.8 Å². The Kier molecular flexibility index (Phi) is 4.33. The molecule has 1 heterocycles. The van der Waals surface area contributed by atoms with Crippen molar-refractivity contribution in [3.8, 4) is 11.6 Å². The van der Waals surface area contributed by atoms with Crippen LogP contribution in [0.4, 0.5) is 0 Å². The third kappa shape index (κ3) is 3.31. The Hall–Kier alpha value is -1.39. The lowest BCUT2D eigenvalue weighted by atomic mass is 10.1. The van der Waals surface area contributed by atoms with E-state index in [0.717, 1.165) is 15.8 Å². The molecule has 0 saturated heterocycles. The SMILES string of the molecule is CNC(C)c1ccc(Oc2cccc(Br)c2)nc1. The maximum absolute atomic E-state index is 5.67. The molecule has 0 amide bonds. The topological polar surface area (TPSA) is 34.1 Å².